The van der Waals surface area contributed by atoms with Gasteiger partial charge in [-0.1, -0.05) is 60.7 Å². The second kappa shape index (κ2) is 7.28. The quantitative estimate of drug-likeness (QED) is 0.365. The molecule has 134 valence electrons. The summed E-state index contributed by atoms with van der Waals surface area (Å²) in [6, 6.07) is 23.6. The topological polar surface area (TPSA) is 0 Å². The molecule has 0 amide bonds. The van der Waals surface area contributed by atoms with Gasteiger partial charge in [0.25, 0.3) is 0 Å². The molecule has 4 aromatic rings. The molecule has 0 radical (unpaired) electrons. The summed E-state index contributed by atoms with van der Waals surface area (Å²) < 4.78 is 42.3. The molecule has 0 spiro atoms. The number of fused-ring (bicyclic) bond motifs is 1. The predicted octanol–water partition coefficient (Wildman–Crippen LogP) is 7.04. The van der Waals surface area contributed by atoms with E-state index in [9.17, 15) is 13.2 Å². The van der Waals surface area contributed by atoms with E-state index in [1.54, 1.807) is 18.2 Å². The molecule has 0 N–H and O–H groups in total. The van der Waals surface area contributed by atoms with E-state index in [2.05, 4.69) is 0 Å². The Morgan fingerprint density at radius 2 is 1.44 bits per heavy atom. The van der Waals surface area contributed by atoms with Gasteiger partial charge in [-0.3, -0.25) is 0 Å². The minimum absolute atomic E-state index is 0.0962. The van der Waals surface area contributed by atoms with Gasteiger partial charge >= 0.3 is 0 Å². The van der Waals surface area contributed by atoms with Crippen LogP contribution in [0.15, 0.2) is 84.9 Å². The van der Waals surface area contributed by atoms with Gasteiger partial charge < -0.3 is 0 Å². The van der Waals surface area contributed by atoms with Crippen LogP contribution in [0.2, 0.25) is 0 Å². The lowest BCUT2D eigenvalue weighted by Gasteiger charge is -2.11. The number of halogens is 3. The SMILES string of the molecule is Fc1ccc(-c2ccc(CC(F)c3ccc4ccccc4c3)cc2F)cc1. The summed E-state index contributed by atoms with van der Waals surface area (Å²) in [5.74, 6) is -0.809. The summed E-state index contributed by atoms with van der Waals surface area (Å²) in [6.45, 7) is 0. The molecule has 0 aliphatic heterocycles. The monoisotopic (exact) mass is 362 g/mol. The maximum Gasteiger partial charge on any atom is 0.131 e. The van der Waals surface area contributed by atoms with Crippen molar-refractivity contribution >= 4 is 10.8 Å². The van der Waals surface area contributed by atoms with Gasteiger partial charge in [-0.15, -0.1) is 0 Å². The molecule has 4 aromatic carbocycles. The van der Waals surface area contributed by atoms with Crippen LogP contribution in [-0.4, -0.2) is 0 Å². The van der Waals surface area contributed by atoms with Crippen LogP contribution in [0.5, 0.6) is 0 Å². The van der Waals surface area contributed by atoms with Crippen molar-refractivity contribution in [3.05, 3.63) is 108 Å². The zero-order valence-corrected chi connectivity index (χ0v) is 14.5. The molecule has 4 rings (SSSR count). The lowest BCUT2D eigenvalue weighted by Crippen LogP contribution is -1.98. The highest BCUT2D eigenvalue weighted by Gasteiger charge is 2.13. The third kappa shape index (κ3) is 3.72. The minimum Gasteiger partial charge on any atom is -0.242 e. The van der Waals surface area contributed by atoms with Crippen LogP contribution in [0.1, 0.15) is 17.3 Å². The van der Waals surface area contributed by atoms with E-state index < -0.39 is 12.0 Å². The van der Waals surface area contributed by atoms with Crippen LogP contribution in [0.3, 0.4) is 0 Å². The van der Waals surface area contributed by atoms with E-state index >= 15 is 0 Å². The summed E-state index contributed by atoms with van der Waals surface area (Å²) in [4.78, 5) is 0. The van der Waals surface area contributed by atoms with Crippen molar-refractivity contribution in [3.63, 3.8) is 0 Å². The first-order chi connectivity index (χ1) is 13.1. The fraction of sp³-hybridized carbons (Fsp3) is 0.0833. The normalized spacial score (nSPS) is 12.3. The second-order valence-electron chi connectivity index (χ2n) is 6.60. The molecule has 27 heavy (non-hydrogen) atoms. The Labute approximate surface area is 155 Å². The highest BCUT2D eigenvalue weighted by atomic mass is 19.1. The van der Waals surface area contributed by atoms with Crippen molar-refractivity contribution in [3.8, 4) is 11.1 Å². The standard InChI is InChI=1S/C24H17F3/c25-21-10-8-18(9-11-21)22-12-5-16(14-24(22)27)13-23(26)20-7-6-17-3-1-2-4-19(17)15-20/h1-12,14-15,23H,13H2. The molecule has 1 unspecified atom stereocenters. The largest absolute Gasteiger partial charge is 0.242 e. The summed E-state index contributed by atoms with van der Waals surface area (Å²) >= 11 is 0. The molecule has 0 saturated heterocycles. The van der Waals surface area contributed by atoms with Gasteiger partial charge in [-0.2, -0.15) is 0 Å². The van der Waals surface area contributed by atoms with Gasteiger partial charge in [-0.25, -0.2) is 13.2 Å². The number of hydrogen-bond acceptors (Lipinski definition) is 0. The third-order valence-electron chi connectivity index (χ3n) is 4.74. The Kier molecular flexibility index (Phi) is 4.68. The Balaban J connectivity index is 1.56. The molecule has 1 atom stereocenters. The van der Waals surface area contributed by atoms with Gasteiger partial charge in [0.2, 0.25) is 0 Å². The van der Waals surface area contributed by atoms with E-state index in [1.165, 1.54) is 30.3 Å². The van der Waals surface area contributed by atoms with Gasteiger partial charge in [0.05, 0.1) is 0 Å². The molecule has 0 fully saturated rings. The first kappa shape index (κ1) is 17.3. The molecule has 0 bridgehead atoms. The zero-order valence-electron chi connectivity index (χ0n) is 14.5. The van der Waals surface area contributed by atoms with E-state index in [1.807, 2.05) is 36.4 Å². The molecule has 0 aliphatic rings. The van der Waals surface area contributed by atoms with Crippen molar-refractivity contribution in [2.75, 3.05) is 0 Å². The molecule has 0 nitrogen and oxygen atoms in total. The number of benzene rings is 4. The van der Waals surface area contributed by atoms with Crippen molar-refractivity contribution in [1.82, 2.24) is 0 Å². The molecule has 0 aliphatic carbocycles. The van der Waals surface area contributed by atoms with Crippen LogP contribution < -0.4 is 0 Å². The Bertz CT molecular complexity index is 1080. The average molecular weight is 362 g/mol. The van der Waals surface area contributed by atoms with Crippen LogP contribution in [0.4, 0.5) is 13.2 Å². The van der Waals surface area contributed by atoms with Gasteiger partial charge in [0.1, 0.15) is 17.8 Å². The fourth-order valence-electron chi connectivity index (χ4n) is 3.28. The van der Waals surface area contributed by atoms with Gasteiger partial charge in [-0.05, 0) is 51.7 Å². The summed E-state index contributed by atoms with van der Waals surface area (Å²) in [5, 5.41) is 2.04. The number of alkyl halides is 1. The molecular weight excluding hydrogens is 345 g/mol. The number of hydrogen-bond donors (Lipinski definition) is 0. The molecule has 0 heterocycles. The van der Waals surface area contributed by atoms with Crippen molar-refractivity contribution in [2.45, 2.75) is 12.6 Å². The Hall–Kier alpha value is -3.07. The summed E-state index contributed by atoms with van der Waals surface area (Å²) in [5.41, 5.74) is 2.13. The van der Waals surface area contributed by atoms with Crippen LogP contribution >= 0.6 is 0 Å². The molecule has 0 aromatic heterocycles. The fourth-order valence-corrected chi connectivity index (χ4v) is 3.28. The van der Waals surface area contributed by atoms with Gasteiger partial charge in [0, 0.05) is 12.0 Å². The first-order valence-corrected chi connectivity index (χ1v) is 8.77. The smallest absolute Gasteiger partial charge is 0.131 e. The Morgan fingerprint density at radius 1 is 0.704 bits per heavy atom. The highest BCUT2D eigenvalue weighted by molar-refractivity contribution is 5.83. The minimum atomic E-state index is -1.22. The van der Waals surface area contributed by atoms with Crippen LogP contribution in [0, 0.1) is 11.6 Å². The predicted molar refractivity (Wildman–Crippen MR) is 103 cm³/mol. The van der Waals surface area contributed by atoms with Crippen molar-refractivity contribution < 1.29 is 13.2 Å². The summed E-state index contributed by atoms with van der Waals surface area (Å²) in [6.07, 6.45) is -1.12. The van der Waals surface area contributed by atoms with E-state index in [0.29, 0.717) is 22.3 Å². The van der Waals surface area contributed by atoms with E-state index in [0.717, 1.165) is 10.8 Å². The molecule has 0 saturated carbocycles. The lowest BCUT2D eigenvalue weighted by atomic mass is 9.97. The third-order valence-corrected chi connectivity index (χ3v) is 4.74. The Morgan fingerprint density at radius 3 is 2.19 bits per heavy atom. The number of rotatable bonds is 4. The second-order valence-corrected chi connectivity index (χ2v) is 6.60. The van der Waals surface area contributed by atoms with Crippen molar-refractivity contribution in [2.24, 2.45) is 0 Å². The van der Waals surface area contributed by atoms with Crippen molar-refractivity contribution in [1.29, 1.82) is 0 Å². The van der Waals surface area contributed by atoms with E-state index in [4.69, 9.17) is 0 Å². The lowest BCUT2D eigenvalue weighted by molar-refractivity contribution is 0.342. The first-order valence-electron chi connectivity index (χ1n) is 8.77. The maximum absolute atomic E-state index is 14.8. The highest BCUT2D eigenvalue weighted by Crippen LogP contribution is 2.29. The van der Waals surface area contributed by atoms with Gasteiger partial charge in [0.15, 0.2) is 0 Å². The summed E-state index contributed by atoms with van der Waals surface area (Å²) in [7, 11) is 0. The van der Waals surface area contributed by atoms with Crippen LogP contribution in [0.25, 0.3) is 21.9 Å². The van der Waals surface area contributed by atoms with Crippen LogP contribution in [-0.2, 0) is 6.42 Å². The maximum atomic E-state index is 14.8. The molecule has 3 heteroatoms. The molecular formula is C24H17F3. The zero-order chi connectivity index (χ0) is 18.8. The average Bonchev–Trinajstić information content (AvgIpc) is 2.68. The van der Waals surface area contributed by atoms with E-state index in [-0.39, 0.29) is 12.2 Å².